The van der Waals surface area contributed by atoms with Crippen LogP contribution in [-0.2, 0) is 11.4 Å². The Morgan fingerprint density at radius 3 is 2.44 bits per heavy atom. The SMILES string of the molecule is COc1cc(/C=C2/C(=O)N(C(=O)c3ccccc3)N=C2C)cc(Br)c1OCc1ccc(Br)cc1. The second kappa shape index (κ2) is 10.4. The third-order valence-electron chi connectivity index (χ3n) is 5.13. The van der Waals surface area contributed by atoms with E-state index in [0.29, 0.717) is 45.0 Å². The van der Waals surface area contributed by atoms with Crippen LogP contribution in [0.5, 0.6) is 11.5 Å². The number of carbonyl (C=O) groups is 2. The lowest BCUT2D eigenvalue weighted by atomic mass is 10.1. The second-order valence-corrected chi connectivity index (χ2v) is 9.25. The molecule has 2 amide bonds. The van der Waals surface area contributed by atoms with Crippen LogP contribution in [0.3, 0.4) is 0 Å². The number of ether oxygens (including phenoxy) is 2. The van der Waals surface area contributed by atoms with Crippen LogP contribution in [0.2, 0.25) is 0 Å². The molecule has 0 unspecified atom stereocenters. The number of methoxy groups -OCH3 is 1. The maximum absolute atomic E-state index is 13.0. The van der Waals surface area contributed by atoms with Crippen LogP contribution in [0.25, 0.3) is 6.08 Å². The summed E-state index contributed by atoms with van der Waals surface area (Å²) in [6, 6.07) is 20.0. The highest BCUT2D eigenvalue weighted by molar-refractivity contribution is 9.10. The van der Waals surface area contributed by atoms with Gasteiger partial charge in [-0.2, -0.15) is 10.1 Å². The zero-order chi connectivity index (χ0) is 24.2. The first-order valence-electron chi connectivity index (χ1n) is 10.3. The van der Waals surface area contributed by atoms with E-state index in [4.69, 9.17) is 9.47 Å². The maximum atomic E-state index is 13.0. The normalized spacial score (nSPS) is 14.4. The van der Waals surface area contributed by atoms with Gasteiger partial charge in [0.25, 0.3) is 11.8 Å². The molecule has 0 aliphatic carbocycles. The van der Waals surface area contributed by atoms with E-state index in [2.05, 4.69) is 37.0 Å². The van der Waals surface area contributed by atoms with Gasteiger partial charge in [0, 0.05) is 10.0 Å². The number of amides is 2. The Bertz CT molecular complexity index is 1300. The van der Waals surface area contributed by atoms with Gasteiger partial charge in [0.05, 0.1) is 22.9 Å². The molecule has 6 nitrogen and oxygen atoms in total. The van der Waals surface area contributed by atoms with Crippen molar-refractivity contribution >= 4 is 55.5 Å². The van der Waals surface area contributed by atoms with Gasteiger partial charge in [0.2, 0.25) is 0 Å². The number of imide groups is 1. The van der Waals surface area contributed by atoms with Crippen molar-refractivity contribution in [3.8, 4) is 11.5 Å². The average Bonchev–Trinajstić information content (AvgIpc) is 3.12. The Hall–Kier alpha value is -3.23. The summed E-state index contributed by atoms with van der Waals surface area (Å²) in [5, 5.41) is 5.09. The molecule has 0 saturated carbocycles. The van der Waals surface area contributed by atoms with Gasteiger partial charge >= 0.3 is 0 Å². The molecule has 0 atom stereocenters. The van der Waals surface area contributed by atoms with Gasteiger partial charge in [0.15, 0.2) is 11.5 Å². The van der Waals surface area contributed by atoms with Gasteiger partial charge < -0.3 is 9.47 Å². The molecule has 0 fully saturated rings. The van der Waals surface area contributed by atoms with Crippen molar-refractivity contribution in [3.05, 3.63) is 97.9 Å². The van der Waals surface area contributed by atoms with E-state index in [1.165, 1.54) is 0 Å². The summed E-state index contributed by atoms with van der Waals surface area (Å²) >= 11 is 6.97. The van der Waals surface area contributed by atoms with E-state index in [1.807, 2.05) is 30.3 Å². The van der Waals surface area contributed by atoms with Crippen molar-refractivity contribution in [3.63, 3.8) is 0 Å². The van der Waals surface area contributed by atoms with E-state index in [9.17, 15) is 9.59 Å². The quantitative estimate of drug-likeness (QED) is 0.254. The molecule has 0 bridgehead atoms. The molecule has 34 heavy (non-hydrogen) atoms. The summed E-state index contributed by atoms with van der Waals surface area (Å²) in [5.41, 5.74) is 2.90. The predicted molar refractivity (Wildman–Crippen MR) is 138 cm³/mol. The van der Waals surface area contributed by atoms with Gasteiger partial charge in [-0.1, -0.05) is 46.3 Å². The number of rotatable bonds is 6. The fourth-order valence-electron chi connectivity index (χ4n) is 3.39. The molecule has 0 N–H and O–H groups in total. The molecule has 0 saturated heterocycles. The van der Waals surface area contributed by atoms with Crippen LogP contribution in [0.4, 0.5) is 0 Å². The summed E-state index contributed by atoms with van der Waals surface area (Å²) in [5.74, 6) is 0.119. The number of nitrogens with zero attached hydrogens (tertiary/aromatic N) is 2. The molecule has 3 aromatic rings. The summed E-state index contributed by atoms with van der Waals surface area (Å²) in [6.45, 7) is 2.06. The Balaban J connectivity index is 1.57. The van der Waals surface area contributed by atoms with Crippen LogP contribution in [0.15, 0.2) is 86.3 Å². The fourth-order valence-corrected chi connectivity index (χ4v) is 4.23. The lowest BCUT2D eigenvalue weighted by molar-refractivity contribution is -0.123. The monoisotopic (exact) mass is 582 g/mol. The van der Waals surface area contributed by atoms with Crippen molar-refractivity contribution in [1.82, 2.24) is 5.01 Å². The van der Waals surface area contributed by atoms with E-state index in [0.717, 1.165) is 15.0 Å². The summed E-state index contributed by atoms with van der Waals surface area (Å²) < 4.78 is 13.2. The topological polar surface area (TPSA) is 68.2 Å². The van der Waals surface area contributed by atoms with Gasteiger partial charge in [-0.15, -0.1) is 0 Å². The van der Waals surface area contributed by atoms with E-state index < -0.39 is 11.8 Å². The molecule has 0 radical (unpaired) electrons. The van der Waals surface area contributed by atoms with Crippen LogP contribution in [0, 0.1) is 0 Å². The Labute approximate surface area is 214 Å². The lowest BCUT2D eigenvalue weighted by Gasteiger charge is -2.14. The molecule has 0 spiro atoms. The van der Waals surface area contributed by atoms with E-state index in [1.54, 1.807) is 56.5 Å². The minimum atomic E-state index is -0.475. The standard InChI is InChI=1S/C26H20Br2N2O4/c1-16-21(26(32)30(29-16)25(31)19-6-4-3-5-7-19)12-18-13-22(28)24(23(14-18)33-2)34-15-17-8-10-20(27)11-9-17/h3-14H,15H2,1-2H3/b21-12+. The molecule has 8 heteroatoms. The number of halogens is 2. The average molecular weight is 584 g/mol. The molecule has 1 heterocycles. The van der Waals surface area contributed by atoms with Crippen LogP contribution in [0.1, 0.15) is 28.4 Å². The molecule has 4 rings (SSSR count). The Morgan fingerprint density at radius 2 is 1.76 bits per heavy atom. The third kappa shape index (κ3) is 5.13. The van der Waals surface area contributed by atoms with Crippen molar-refractivity contribution < 1.29 is 19.1 Å². The molecular weight excluding hydrogens is 564 g/mol. The molecule has 0 aromatic heterocycles. The highest BCUT2D eigenvalue weighted by atomic mass is 79.9. The zero-order valence-electron chi connectivity index (χ0n) is 18.4. The molecule has 3 aromatic carbocycles. The summed E-state index contributed by atoms with van der Waals surface area (Å²) in [4.78, 5) is 25.7. The van der Waals surface area contributed by atoms with Gasteiger partial charge in [-0.25, -0.2) is 0 Å². The number of hydrazone groups is 1. The largest absolute Gasteiger partial charge is 0.493 e. The molecule has 172 valence electrons. The Kier molecular flexibility index (Phi) is 7.29. The summed E-state index contributed by atoms with van der Waals surface area (Å²) in [6.07, 6.45) is 1.69. The van der Waals surface area contributed by atoms with Crippen LogP contribution >= 0.6 is 31.9 Å². The molecule has 1 aliphatic rings. The number of hydrogen-bond acceptors (Lipinski definition) is 5. The van der Waals surface area contributed by atoms with Crippen LogP contribution in [-0.4, -0.2) is 29.6 Å². The smallest absolute Gasteiger partial charge is 0.283 e. The first kappa shape index (κ1) is 23.9. The third-order valence-corrected chi connectivity index (χ3v) is 6.25. The number of hydrogen-bond donors (Lipinski definition) is 0. The van der Waals surface area contributed by atoms with Crippen LogP contribution < -0.4 is 9.47 Å². The van der Waals surface area contributed by atoms with Gasteiger partial charge in [-0.3, -0.25) is 9.59 Å². The van der Waals surface area contributed by atoms with Crippen molar-refractivity contribution in [1.29, 1.82) is 0 Å². The lowest BCUT2D eigenvalue weighted by Crippen LogP contribution is -2.29. The first-order valence-corrected chi connectivity index (χ1v) is 11.9. The predicted octanol–water partition coefficient (Wildman–Crippen LogP) is 6.24. The highest BCUT2D eigenvalue weighted by Crippen LogP contribution is 2.38. The van der Waals surface area contributed by atoms with Crippen molar-refractivity contribution in [2.45, 2.75) is 13.5 Å². The first-order chi connectivity index (χ1) is 16.4. The highest BCUT2D eigenvalue weighted by Gasteiger charge is 2.33. The number of benzene rings is 3. The zero-order valence-corrected chi connectivity index (χ0v) is 21.6. The van der Waals surface area contributed by atoms with Crippen molar-refractivity contribution in [2.75, 3.05) is 7.11 Å². The molecule has 1 aliphatic heterocycles. The van der Waals surface area contributed by atoms with E-state index >= 15 is 0 Å². The van der Waals surface area contributed by atoms with E-state index in [-0.39, 0.29) is 0 Å². The minimum Gasteiger partial charge on any atom is -0.493 e. The van der Waals surface area contributed by atoms with Gasteiger partial charge in [-0.05, 0) is 76.5 Å². The summed E-state index contributed by atoms with van der Waals surface area (Å²) in [7, 11) is 1.55. The van der Waals surface area contributed by atoms with Crippen molar-refractivity contribution in [2.24, 2.45) is 5.10 Å². The maximum Gasteiger partial charge on any atom is 0.283 e. The second-order valence-electron chi connectivity index (χ2n) is 7.48. The van der Waals surface area contributed by atoms with Gasteiger partial charge in [0.1, 0.15) is 6.61 Å². The molecular formula is C26H20Br2N2O4. The minimum absolute atomic E-state index is 0.335. The number of carbonyl (C=O) groups excluding carboxylic acids is 2. The fraction of sp³-hybridized carbons (Fsp3) is 0.115. The Morgan fingerprint density at radius 1 is 1.06 bits per heavy atom.